The number of nitrogens with one attached hydrogen (secondary N) is 1. The van der Waals surface area contributed by atoms with Gasteiger partial charge in [0, 0.05) is 17.0 Å². The normalized spacial score (nSPS) is 10.7. The molecule has 0 saturated carbocycles. The first-order valence-electron chi connectivity index (χ1n) is 6.11. The largest absolute Gasteiger partial charge is 0.365 e. The van der Waals surface area contributed by atoms with Crippen molar-refractivity contribution in [3.05, 3.63) is 65.2 Å². The molecule has 0 aliphatic heterocycles. The molecular weight excluding hydrogens is 277 g/mol. The highest BCUT2D eigenvalue weighted by Crippen LogP contribution is 2.23. The highest BCUT2D eigenvalue weighted by Gasteiger charge is 2.04. The van der Waals surface area contributed by atoms with Crippen molar-refractivity contribution in [1.29, 1.82) is 0 Å². The topological polar surface area (TPSA) is 37.8 Å². The van der Waals surface area contributed by atoms with E-state index in [9.17, 15) is 4.39 Å². The van der Waals surface area contributed by atoms with Gasteiger partial charge in [0.2, 0.25) is 0 Å². The Hall–Kier alpha value is -2.20. The van der Waals surface area contributed by atoms with Crippen LogP contribution in [0.5, 0.6) is 0 Å². The lowest BCUT2D eigenvalue weighted by Gasteiger charge is -2.08. The molecule has 5 heteroatoms. The van der Waals surface area contributed by atoms with Gasteiger partial charge in [-0.25, -0.2) is 14.4 Å². The Bertz CT molecular complexity index is 744. The van der Waals surface area contributed by atoms with E-state index in [4.69, 9.17) is 11.6 Å². The summed E-state index contributed by atoms with van der Waals surface area (Å²) in [5.74, 6) is 0.467. The number of nitrogens with zero attached hydrogens (tertiary/aromatic N) is 2. The van der Waals surface area contributed by atoms with Gasteiger partial charge < -0.3 is 5.32 Å². The van der Waals surface area contributed by atoms with Crippen molar-refractivity contribution < 1.29 is 4.39 Å². The molecule has 1 aromatic heterocycles. The van der Waals surface area contributed by atoms with E-state index in [0.717, 1.165) is 16.5 Å². The minimum absolute atomic E-state index is 0.243. The second kappa shape index (κ2) is 5.43. The third-order valence-electron chi connectivity index (χ3n) is 2.97. The van der Waals surface area contributed by atoms with Crippen molar-refractivity contribution in [3.8, 4) is 0 Å². The van der Waals surface area contributed by atoms with Crippen molar-refractivity contribution in [2.45, 2.75) is 6.54 Å². The Morgan fingerprint density at radius 3 is 2.65 bits per heavy atom. The van der Waals surface area contributed by atoms with E-state index >= 15 is 0 Å². The van der Waals surface area contributed by atoms with Gasteiger partial charge in [0.15, 0.2) is 0 Å². The monoisotopic (exact) mass is 287 g/mol. The summed E-state index contributed by atoms with van der Waals surface area (Å²) in [6.45, 7) is 0.554. The van der Waals surface area contributed by atoms with Gasteiger partial charge in [-0.1, -0.05) is 23.7 Å². The number of rotatable bonds is 3. The van der Waals surface area contributed by atoms with E-state index in [2.05, 4.69) is 15.3 Å². The molecule has 20 heavy (non-hydrogen) atoms. The average Bonchev–Trinajstić information content (AvgIpc) is 2.47. The van der Waals surface area contributed by atoms with Crippen molar-refractivity contribution in [2.24, 2.45) is 0 Å². The molecule has 3 nitrogen and oxygen atoms in total. The van der Waals surface area contributed by atoms with Crippen molar-refractivity contribution in [3.63, 3.8) is 0 Å². The summed E-state index contributed by atoms with van der Waals surface area (Å²) in [4.78, 5) is 8.42. The first kappa shape index (κ1) is 12.8. The number of halogens is 2. The van der Waals surface area contributed by atoms with Gasteiger partial charge in [-0.2, -0.15) is 0 Å². The van der Waals surface area contributed by atoms with Crippen LogP contribution in [0.4, 0.5) is 10.2 Å². The van der Waals surface area contributed by atoms with Crippen molar-refractivity contribution >= 4 is 28.3 Å². The van der Waals surface area contributed by atoms with Crippen LogP contribution in [-0.4, -0.2) is 9.97 Å². The van der Waals surface area contributed by atoms with Crippen LogP contribution in [-0.2, 0) is 6.54 Å². The Kier molecular flexibility index (Phi) is 3.48. The highest BCUT2D eigenvalue weighted by molar-refractivity contribution is 6.31. The van der Waals surface area contributed by atoms with E-state index in [1.54, 1.807) is 18.2 Å². The predicted molar refractivity (Wildman–Crippen MR) is 78.3 cm³/mol. The van der Waals surface area contributed by atoms with E-state index in [1.165, 1.54) is 18.5 Å². The van der Waals surface area contributed by atoms with Crippen LogP contribution in [0.25, 0.3) is 10.9 Å². The Balaban J connectivity index is 1.87. The number of hydrogen-bond acceptors (Lipinski definition) is 3. The maximum atomic E-state index is 12.8. The molecule has 3 rings (SSSR count). The van der Waals surface area contributed by atoms with Crippen LogP contribution in [0, 0.1) is 5.82 Å². The molecule has 0 fully saturated rings. The number of benzene rings is 2. The van der Waals surface area contributed by atoms with Gasteiger partial charge in [-0.05, 0) is 35.9 Å². The van der Waals surface area contributed by atoms with Gasteiger partial charge >= 0.3 is 0 Å². The Morgan fingerprint density at radius 1 is 1.05 bits per heavy atom. The maximum absolute atomic E-state index is 12.8. The van der Waals surface area contributed by atoms with Gasteiger partial charge in [0.25, 0.3) is 0 Å². The lowest BCUT2D eigenvalue weighted by atomic mass is 10.2. The lowest BCUT2D eigenvalue weighted by molar-refractivity contribution is 0.627. The third kappa shape index (κ3) is 2.70. The summed E-state index contributed by atoms with van der Waals surface area (Å²) in [5, 5.41) is 4.72. The minimum atomic E-state index is -0.243. The molecule has 0 atom stereocenters. The van der Waals surface area contributed by atoms with Crippen LogP contribution in [0.2, 0.25) is 5.02 Å². The van der Waals surface area contributed by atoms with Crippen LogP contribution in [0.15, 0.2) is 48.8 Å². The molecule has 0 unspecified atom stereocenters. The minimum Gasteiger partial charge on any atom is -0.365 e. The number of hydrogen-bond donors (Lipinski definition) is 1. The molecule has 0 aliphatic rings. The van der Waals surface area contributed by atoms with Crippen LogP contribution < -0.4 is 5.32 Å². The summed E-state index contributed by atoms with van der Waals surface area (Å²) in [6.07, 6.45) is 1.50. The fourth-order valence-electron chi connectivity index (χ4n) is 1.96. The zero-order valence-electron chi connectivity index (χ0n) is 10.5. The fraction of sp³-hybridized carbons (Fsp3) is 0.0667. The van der Waals surface area contributed by atoms with E-state index in [0.29, 0.717) is 17.4 Å². The molecule has 0 saturated heterocycles. The van der Waals surface area contributed by atoms with E-state index in [1.807, 2.05) is 12.1 Å². The Morgan fingerprint density at radius 2 is 1.85 bits per heavy atom. The molecule has 2 aromatic carbocycles. The van der Waals surface area contributed by atoms with Gasteiger partial charge in [-0.15, -0.1) is 0 Å². The molecular formula is C15H11ClFN3. The summed E-state index contributed by atoms with van der Waals surface area (Å²) in [7, 11) is 0. The summed E-state index contributed by atoms with van der Waals surface area (Å²) >= 11 is 6.00. The fourth-order valence-corrected chi connectivity index (χ4v) is 2.13. The average molecular weight is 288 g/mol. The standard InChI is InChI=1S/C15H11ClFN3/c16-11-3-6-14-13(7-11)15(20-9-19-14)18-8-10-1-4-12(17)5-2-10/h1-7,9H,8H2,(H,18,19,20). The molecule has 0 bridgehead atoms. The van der Waals surface area contributed by atoms with Gasteiger partial charge in [-0.3, -0.25) is 0 Å². The molecule has 0 amide bonds. The summed E-state index contributed by atoms with van der Waals surface area (Å²) in [6, 6.07) is 11.8. The van der Waals surface area contributed by atoms with Crippen molar-refractivity contribution in [2.75, 3.05) is 5.32 Å². The quantitative estimate of drug-likeness (QED) is 0.790. The first-order valence-corrected chi connectivity index (χ1v) is 6.49. The summed E-state index contributed by atoms with van der Waals surface area (Å²) in [5.41, 5.74) is 1.80. The van der Waals surface area contributed by atoms with Gasteiger partial charge in [0.1, 0.15) is 18.0 Å². The van der Waals surface area contributed by atoms with Crippen LogP contribution in [0.3, 0.4) is 0 Å². The molecule has 100 valence electrons. The molecule has 0 aliphatic carbocycles. The zero-order valence-corrected chi connectivity index (χ0v) is 11.2. The second-order valence-corrected chi connectivity index (χ2v) is 4.80. The molecule has 0 spiro atoms. The van der Waals surface area contributed by atoms with Crippen molar-refractivity contribution in [1.82, 2.24) is 9.97 Å². The number of anilines is 1. The first-order chi connectivity index (χ1) is 9.72. The third-order valence-corrected chi connectivity index (χ3v) is 3.21. The molecule has 3 aromatic rings. The molecule has 1 heterocycles. The predicted octanol–water partition coefficient (Wildman–Crippen LogP) is 4.03. The second-order valence-electron chi connectivity index (χ2n) is 4.36. The Labute approximate surface area is 120 Å². The number of aromatic nitrogens is 2. The van der Waals surface area contributed by atoms with E-state index in [-0.39, 0.29) is 5.82 Å². The zero-order chi connectivity index (χ0) is 13.9. The maximum Gasteiger partial charge on any atom is 0.137 e. The molecule has 0 radical (unpaired) electrons. The lowest BCUT2D eigenvalue weighted by Crippen LogP contribution is -2.02. The summed E-state index contributed by atoms with van der Waals surface area (Å²) < 4.78 is 12.8. The number of fused-ring (bicyclic) bond motifs is 1. The van der Waals surface area contributed by atoms with Crippen LogP contribution in [0.1, 0.15) is 5.56 Å². The SMILES string of the molecule is Fc1ccc(CNc2ncnc3ccc(Cl)cc23)cc1. The highest BCUT2D eigenvalue weighted by atomic mass is 35.5. The van der Waals surface area contributed by atoms with Gasteiger partial charge in [0.05, 0.1) is 5.52 Å². The smallest absolute Gasteiger partial charge is 0.137 e. The van der Waals surface area contributed by atoms with Crippen LogP contribution >= 0.6 is 11.6 Å². The molecule has 1 N–H and O–H groups in total. The van der Waals surface area contributed by atoms with E-state index < -0.39 is 0 Å².